The van der Waals surface area contributed by atoms with Crippen LogP contribution in [0.3, 0.4) is 0 Å². The number of carbonyl (C=O) groups excluding carboxylic acids is 1. The molecule has 2 heterocycles. The summed E-state index contributed by atoms with van der Waals surface area (Å²) in [5.74, 6) is -1.03. The number of nitrogens with zero attached hydrogens (tertiary/aromatic N) is 2. The van der Waals surface area contributed by atoms with Crippen LogP contribution in [0.4, 0.5) is 0 Å². The topological polar surface area (TPSA) is 86.3 Å². The third-order valence-corrected chi connectivity index (χ3v) is 3.75. The fourth-order valence-corrected chi connectivity index (χ4v) is 2.89. The third-order valence-electron chi connectivity index (χ3n) is 3.75. The average Bonchev–Trinajstić information content (AvgIpc) is 2.99. The van der Waals surface area contributed by atoms with Crippen molar-refractivity contribution >= 4 is 11.9 Å². The molecule has 0 spiro atoms. The quantitative estimate of drug-likeness (QED) is 0.837. The van der Waals surface area contributed by atoms with E-state index < -0.39 is 11.5 Å². The minimum absolute atomic E-state index is 0.141. The van der Waals surface area contributed by atoms with Gasteiger partial charge in [0.15, 0.2) is 0 Å². The van der Waals surface area contributed by atoms with Gasteiger partial charge in [0.05, 0.1) is 6.42 Å². The van der Waals surface area contributed by atoms with Crippen molar-refractivity contribution in [3.63, 3.8) is 0 Å². The molecule has 0 aliphatic carbocycles. The molecule has 1 fully saturated rings. The van der Waals surface area contributed by atoms with Gasteiger partial charge in [-0.25, -0.2) is 4.79 Å². The Kier molecular flexibility index (Phi) is 3.87. The fourth-order valence-electron chi connectivity index (χ4n) is 2.89. The van der Waals surface area contributed by atoms with E-state index in [9.17, 15) is 14.7 Å². The minimum Gasteiger partial charge on any atom is -0.479 e. The van der Waals surface area contributed by atoms with Crippen LogP contribution in [0.5, 0.6) is 0 Å². The van der Waals surface area contributed by atoms with Crippen molar-refractivity contribution < 1.29 is 14.7 Å². The largest absolute Gasteiger partial charge is 0.479 e. The number of hydrogen-bond acceptors (Lipinski definition) is 3. The van der Waals surface area contributed by atoms with Gasteiger partial charge in [-0.05, 0) is 25.3 Å². The zero-order valence-corrected chi connectivity index (χ0v) is 11.1. The standard InChI is InChI=1S/C13H19N3O3/c1-2-5-13(12(18)19)6-3-8-16(13)11(17)9-10-4-7-14-15-10/h4,7H,2-3,5-6,8-9H2,1H3,(H,14,15)(H,18,19). The van der Waals surface area contributed by atoms with Crippen LogP contribution < -0.4 is 0 Å². The normalized spacial score (nSPS) is 22.7. The summed E-state index contributed by atoms with van der Waals surface area (Å²) < 4.78 is 0. The predicted octanol–water partition coefficient (Wildman–Crippen LogP) is 1.20. The van der Waals surface area contributed by atoms with Gasteiger partial charge in [0.2, 0.25) is 5.91 Å². The van der Waals surface area contributed by atoms with Gasteiger partial charge < -0.3 is 10.0 Å². The van der Waals surface area contributed by atoms with Gasteiger partial charge in [-0.1, -0.05) is 13.3 Å². The molecule has 6 nitrogen and oxygen atoms in total. The molecule has 1 aliphatic rings. The predicted molar refractivity (Wildman–Crippen MR) is 68.5 cm³/mol. The number of carboxylic acids is 1. The van der Waals surface area contributed by atoms with E-state index in [0.717, 1.165) is 12.8 Å². The number of carbonyl (C=O) groups is 2. The summed E-state index contributed by atoms with van der Waals surface area (Å²) in [6.07, 6.45) is 4.32. The van der Waals surface area contributed by atoms with Crippen molar-refractivity contribution in [1.82, 2.24) is 15.1 Å². The summed E-state index contributed by atoms with van der Waals surface area (Å²) in [5.41, 5.74) is -0.293. The lowest BCUT2D eigenvalue weighted by atomic mass is 9.90. The van der Waals surface area contributed by atoms with Crippen LogP contribution in [0, 0.1) is 0 Å². The van der Waals surface area contributed by atoms with E-state index >= 15 is 0 Å². The molecule has 0 aromatic carbocycles. The number of nitrogens with one attached hydrogen (secondary N) is 1. The number of rotatable bonds is 5. The van der Waals surface area contributed by atoms with Gasteiger partial charge in [-0.15, -0.1) is 0 Å². The highest BCUT2D eigenvalue weighted by molar-refractivity contribution is 5.88. The van der Waals surface area contributed by atoms with Crippen molar-refractivity contribution in [2.45, 2.75) is 44.6 Å². The first-order valence-corrected chi connectivity index (χ1v) is 6.62. The minimum atomic E-state index is -1.01. The molecule has 1 aromatic rings. The van der Waals surface area contributed by atoms with Crippen LogP contribution in [0.2, 0.25) is 0 Å². The molecule has 1 unspecified atom stereocenters. The molecule has 19 heavy (non-hydrogen) atoms. The van der Waals surface area contributed by atoms with Gasteiger partial charge in [0.1, 0.15) is 5.54 Å². The van der Waals surface area contributed by atoms with Crippen molar-refractivity contribution in [3.05, 3.63) is 18.0 Å². The van der Waals surface area contributed by atoms with E-state index in [1.165, 1.54) is 0 Å². The van der Waals surface area contributed by atoms with Crippen molar-refractivity contribution in [2.24, 2.45) is 0 Å². The average molecular weight is 265 g/mol. The van der Waals surface area contributed by atoms with Crippen molar-refractivity contribution in [3.8, 4) is 0 Å². The highest BCUT2D eigenvalue weighted by Gasteiger charge is 2.48. The molecule has 1 amide bonds. The van der Waals surface area contributed by atoms with E-state index in [-0.39, 0.29) is 12.3 Å². The molecule has 6 heteroatoms. The first-order valence-electron chi connectivity index (χ1n) is 6.62. The van der Waals surface area contributed by atoms with E-state index in [1.54, 1.807) is 17.2 Å². The molecule has 0 radical (unpaired) electrons. The number of hydrogen-bond donors (Lipinski definition) is 2. The Labute approximate surface area is 111 Å². The Hall–Kier alpha value is -1.85. The lowest BCUT2D eigenvalue weighted by Crippen LogP contribution is -2.53. The van der Waals surface area contributed by atoms with Crippen molar-refractivity contribution in [1.29, 1.82) is 0 Å². The van der Waals surface area contributed by atoms with Gasteiger partial charge >= 0.3 is 5.97 Å². The molecule has 1 saturated heterocycles. The number of amides is 1. The van der Waals surface area contributed by atoms with E-state index in [4.69, 9.17) is 0 Å². The molecule has 2 rings (SSSR count). The molecule has 0 bridgehead atoms. The zero-order chi connectivity index (χ0) is 13.9. The number of aromatic amines is 1. The summed E-state index contributed by atoms with van der Waals surface area (Å²) >= 11 is 0. The van der Waals surface area contributed by atoms with Crippen LogP contribution in [-0.4, -0.2) is 44.2 Å². The first kappa shape index (κ1) is 13.6. The Balaban J connectivity index is 2.17. The lowest BCUT2D eigenvalue weighted by molar-refractivity contribution is -0.157. The van der Waals surface area contributed by atoms with Gasteiger partial charge in [0.25, 0.3) is 0 Å². The summed E-state index contributed by atoms with van der Waals surface area (Å²) in [7, 11) is 0. The summed E-state index contributed by atoms with van der Waals surface area (Å²) in [5, 5.41) is 16.1. The second-order valence-corrected chi connectivity index (χ2v) is 4.99. The second kappa shape index (κ2) is 5.42. The van der Waals surface area contributed by atoms with Crippen LogP contribution in [0.15, 0.2) is 12.3 Å². The Morgan fingerprint density at radius 3 is 2.95 bits per heavy atom. The van der Waals surface area contributed by atoms with Gasteiger partial charge in [-0.3, -0.25) is 9.89 Å². The fraction of sp³-hybridized carbons (Fsp3) is 0.615. The Bertz CT molecular complexity index is 458. The maximum absolute atomic E-state index is 12.3. The zero-order valence-electron chi connectivity index (χ0n) is 11.1. The molecule has 1 aromatic heterocycles. The van der Waals surface area contributed by atoms with E-state index in [1.807, 2.05) is 6.92 Å². The third kappa shape index (κ3) is 2.47. The summed E-state index contributed by atoms with van der Waals surface area (Å²) in [6, 6.07) is 1.73. The van der Waals surface area contributed by atoms with Crippen molar-refractivity contribution in [2.75, 3.05) is 6.54 Å². The highest BCUT2D eigenvalue weighted by Crippen LogP contribution is 2.34. The van der Waals surface area contributed by atoms with E-state index in [2.05, 4.69) is 10.2 Å². The smallest absolute Gasteiger partial charge is 0.329 e. The van der Waals surface area contributed by atoms with Gasteiger partial charge in [0, 0.05) is 18.4 Å². The van der Waals surface area contributed by atoms with Crippen LogP contribution in [0.25, 0.3) is 0 Å². The SMILES string of the molecule is CCCC1(C(=O)O)CCCN1C(=O)Cc1ccn[nH]1. The summed E-state index contributed by atoms with van der Waals surface area (Å²) in [4.78, 5) is 25.5. The molecule has 104 valence electrons. The number of likely N-dealkylation sites (tertiary alicyclic amines) is 1. The maximum atomic E-state index is 12.3. The molecule has 2 N–H and O–H groups in total. The summed E-state index contributed by atoms with van der Waals surface area (Å²) in [6.45, 7) is 2.47. The molecular formula is C13H19N3O3. The molecule has 0 saturated carbocycles. The Morgan fingerprint density at radius 2 is 2.37 bits per heavy atom. The van der Waals surface area contributed by atoms with Crippen LogP contribution in [-0.2, 0) is 16.0 Å². The molecule has 1 aliphatic heterocycles. The lowest BCUT2D eigenvalue weighted by Gasteiger charge is -2.34. The maximum Gasteiger partial charge on any atom is 0.329 e. The van der Waals surface area contributed by atoms with E-state index in [0.29, 0.717) is 25.1 Å². The first-order chi connectivity index (χ1) is 9.10. The van der Waals surface area contributed by atoms with Gasteiger partial charge in [-0.2, -0.15) is 5.10 Å². The number of carboxylic acid groups (broad SMARTS) is 1. The number of aromatic nitrogens is 2. The Morgan fingerprint density at radius 1 is 1.58 bits per heavy atom. The molecule has 1 atom stereocenters. The van der Waals surface area contributed by atoms with Crippen LogP contribution in [0.1, 0.15) is 38.3 Å². The van der Waals surface area contributed by atoms with Crippen LogP contribution >= 0.6 is 0 Å². The highest BCUT2D eigenvalue weighted by atomic mass is 16.4. The second-order valence-electron chi connectivity index (χ2n) is 4.99. The molecular weight excluding hydrogens is 246 g/mol. The monoisotopic (exact) mass is 265 g/mol. The number of H-pyrrole nitrogens is 1. The number of aliphatic carboxylic acids is 1.